The zero-order chi connectivity index (χ0) is 8.97. The van der Waals surface area contributed by atoms with Crippen LogP contribution in [0.2, 0.25) is 0 Å². The molecule has 0 saturated carbocycles. The Morgan fingerprint density at radius 1 is 1.50 bits per heavy atom. The number of hydrogen-bond acceptors (Lipinski definition) is 2. The normalized spacial score (nSPS) is 19.7. The minimum absolute atomic E-state index is 0.675. The number of hydrogen-bond donors (Lipinski definition) is 0. The van der Waals surface area contributed by atoms with Crippen LogP contribution < -0.4 is 0 Å². The van der Waals surface area contributed by atoms with Crippen LogP contribution in [0, 0.1) is 5.92 Å². The Bertz CT molecular complexity index is 148. The Morgan fingerprint density at radius 2 is 2.08 bits per heavy atom. The molecule has 12 heavy (non-hydrogen) atoms. The summed E-state index contributed by atoms with van der Waals surface area (Å²) >= 11 is 0. The molecule has 70 valence electrons. The van der Waals surface area contributed by atoms with Crippen LogP contribution in [0.3, 0.4) is 0 Å². The molecular formula is C10H19NO. The lowest BCUT2D eigenvalue weighted by Gasteiger charge is -2.33. The summed E-state index contributed by atoms with van der Waals surface area (Å²) in [5.41, 5.74) is 1.13. The van der Waals surface area contributed by atoms with Gasteiger partial charge in [-0.25, -0.2) is 0 Å². The van der Waals surface area contributed by atoms with Crippen LogP contribution in [0.1, 0.15) is 19.8 Å². The van der Waals surface area contributed by atoms with Gasteiger partial charge in [0.05, 0.1) is 6.61 Å². The van der Waals surface area contributed by atoms with Crippen molar-refractivity contribution in [1.82, 2.24) is 4.90 Å². The topological polar surface area (TPSA) is 12.5 Å². The fourth-order valence-electron chi connectivity index (χ4n) is 1.58. The van der Waals surface area contributed by atoms with E-state index < -0.39 is 0 Å². The zero-order valence-corrected chi connectivity index (χ0v) is 8.18. The average Bonchev–Trinajstić information content (AvgIpc) is 2.06. The van der Waals surface area contributed by atoms with Gasteiger partial charge >= 0.3 is 0 Å². The van der Waals surface area contributed by atoms with Gasteiger partial charge in [0.1, 0.15) is 0 Å². The Morgan fingerprint density at radius 3 is 2.58 bits per heavy atom. The van der Waals surface area contributed by atoms with E-state index in [2.05, 4.69) is 18.4 Å². The lowest BCUT2D eigenvalue weighted by molar-refractivity contribution is 0.166. The summed E-state index contributed by atoms with van der Waals surface area (Å²) in [6.45, 7) is 9.30. The quantitative estimate of drug-likeness (QED) is 0.639. The summed E-state index contributed by atoms with van der Waals surface area (Å²) in [4.78, 5) is 2.34. The molecule has 2 heteroatoms. The van der Waals surface area contributed by atoms with Crippen molar-refractivity contribution < 1.29 is 4.74 Å². The molecule has 0 spiro atoms. The molecule has 0 aliphatic carbocycles. The lowest BCUT2D eigenvalue weighted by Crippen LogP contribution is -2.33. The maximum Gasteiger partial charge on any atom is 0.0854 e. The maximum atomic E-state index is 5.04. The van der Waals surface area contributed by atoms with Gasteiger partial charge in [-0.05, 0) is 18.8 Å². The number of rotatable bonds is 3. The summed E-state index contributed by atoms with van der Waals surface area (Å²) in [6.07, 6.45) is 2.59. The first-order valence-electron chi connectivity index (χ1n) is 4.65. The molecule has 0 unspecified atom stereocenters. The highest BCUT2D eigenvalue weighted by molar-refractivity contribution is 4.95. The largest absolute Gasteiger partial charge is 0.379 e. The van der Waals surface area contributed by atoms with Gasteiger partial charge in [-0.1, -0.05) is 13.5 Å². The molecule has 0 radical (unpaired) electrons. The van der Waals surface area contributed by atoms with Crippen LogP contribution in [0.4, 0.5) is 0 Å². The second kappa shape index (κ2) is 4.51. The van der Waals surface area contributed by atoms with Crippen LogP contribution in [-0.2, 0) is 4.74 Å². The van der Waals surface area contributed by atoms with Crippen molar-refractivity contribution in [2.24, 2.45) is 5.92 Å². The summed E-state index contributed by atoms with van der Waals surface area (Å²) in [6, 6.07) is 0. The van der Waals surface area contributed by atoms with Crippen LogP contribution in [0.15, 0.2) is 12.3 Å². The van der Waals surface area contributed by atoms with Gasteiger partial charge in [0.15, 0.2) is 0 Å². The molecule has 0 aromatic carbocycles. The van der Waals surface area contributed by atoms with Gasteiger partial charge in [-0.3, -0.25) is 0 Å². The minimum atomic E-state index is 0.675. The highest BCUT2D eigenvalue weighted by Gasteiger charge is 2.15. The molecule has 0 atom stereocenters. The Hall–Kier alpha value is -0.500. The van der Waals surface area contributed by atoms with Gasteiger partial charge in [0.2, 0.25) is 0 Å². The number of likely N-dealkylation sites (tertiary alicyclic amines) is 1. The summed E-state index contributed by atoms with van der Waals surface area (Å²) in [5, 5.41) is 0. The molecule has 0 aromatic rings. The van der Waals surface area contributed by atoms with E-state index in [1.165, 1.54) is 12.8 Å². The van der Waals surface area contributed by atoms with Crippen LogP contribution in [0.5, 0.6) is 0 Å². The van der Waals surface area contributed by atoms with E-state index in [0.717, 1.165) is 24.7 Å². The van der Waals surface area contributed by atoms with E-state index in [0.29, 0.717) is 6.61 Å². The molecule has 1 fully saturated rings. The highest BCUT2D eigenvalue weighted by Crippen LogP contribution is 2.18. The van der Waals surface area contributed by atoms with Gasteiger partial charge in [-0.2, -0.15) is 0 Å². The average molecular weight is 169 g/mol. The van der Waals surface area contributed by atoms with Crippen LogP contribution >= 0.6 is 0 Å². The second-order valence-corrected chi connectivity index (χ2v) is 3.67. The lowest BCUT2D eigenvalue weighted by atomic mass is 9.99. The maximum absolute atomic E-state index is 5.04. The first-order valence-corrected chi connectivity index (χ1v) is 4.65. The highest BCUT2D eigenvalue weighted by atomic mass is 16.5. The van der Waals surface area contributed by atoms with Crippen LogP contribution in [0.25, 0.3) is 0 Å². The SMILES string of the molecule is C=C(COC)N1CCC(C)CC1. The van der Waals surface area contributed by atoms with Crippen molar-refractivity contribution >= 4 is 0 Å². The molecule has 1 heterocycles. The monoisotopic (exact) mass is 169 g/mol. The van der Waals surface area contributed by atoms with E-state index in [4.69, 9.17) is 4.74 Å². The van der Waals surface area contributed by atoms with Gasteiger partial charge in [-0.15, -0.1) is 0 Å². The second-order valence-electron chi connectivity index (χ2n) is 3.67. The number of nitrogens with zero attached hydrogens (tertiary/aromatic N) is 1. The third-order valence-corrected chi connectivity index (χ3v) is 2.54. The fourth-order valence-corrected chi connectivity index (χ4v) is 1.58. The molecule has 1 aliphatic heterocycles. The first-order chi connectivity index (χ1) is 5.74. The third-order valence-electron chi connectivity index (χ3n) is 2.54. The molecular weight excluding hydrogens is 150 g/mol. The predicted octanol–water partition coefficient (Wildman–Crippen LogP) is 1.88. The van der Waals surface area contributed by atoms with Crippen molar-refractivity contribution in [2.45, 2.75) is 19.8 Å². The molecule has 1 aliphatic rings. The third kappa shape index (κ3) is 2.52. The molecule has 0 aromatic heterocycles. The Labute approximate surface area is 75.2 Å². The van der Waals surface area contributed by atoms with E-state index in [-0.39, 0.29) is 0 Å². The number of piperidine rings is 1. The van der Waals surface area contributed by atoms with E-state index in [1.807, 2.05) is 0 Å². The number of ether oxygens (including phenoxy) is 1. The Kier molecular flexibility index (Phi) is 3.60. The first kappa shape index (κ1) is 9.59. The molecule has 0 bridgehead atoms. The molecule has 0 N–H and O–H groups in total. The molecule has 1 saturated heterocycles. The van der Waals surface area contributed by atoms with Crippen molar-refractivity contribution in [2.75, 3.05) is 26.8 Å². The van der Waals surface area contributed by atoms with Crippen molar-refractivity contribution in [3.63, 3.8) is 0 Å². The van der Waals surface area contributed by atoms with Gasteiger partial charge in [0, 0.05) is 25.9 Å². The molecule has 0 amide bonds. The molecule has 1 rings (SSSR count). The van der Waals surface area contributed by atoms with E-state index >= 15 is 0 Å². The standard InChI is InChI=1S/C10H19NO/c1-9-4-6-11(7-5-9)10(2)8-12-3/h9H,2,4-8H2,1,3H3. The van der Waals surface area contributed by atoms with Crippen LogP contribution in [-0.4, -0.2) is 31.7 Å². The molecule has 2 nitrogen and oxygen atoms in total. The summed E-state index contributed by atoms with van der Waals surface area (Å²) in [5.74, 6) is 0.886. The van der Waals surface area contributed by atoms with E-state index in [9.17, 15) is 0 Å². The smallest absolute Gasteiger partial charge is 0.0854 e. The van der Waals surface area contributed by atoms with Gasteiger partial charge in [0.25, 0.3) is 0 Å². The minimum Gasteiger partial charge on any atom is -0.379 e. The summed E-state index contributed by atoms with van der Waals surface area (Å²) < 4.78 is 5.04. The van der Waals surface area contributed by atoms with E-state index in [1.54, 1.807) is 7.11 Å². The zero-order valence-electron chi connectivity index (χ0n) is 8.18. The predicted molar refractivity (Wildman–Crippen MR) is 51.0 cm³/mol. The van der Waals surface area contributed by atoms with Crippen molar-refractivity contribution in [3.8, 4) is 0 Å². The van der Waals surface area contributed by atoms with Gasteiger partial charge < -0.3 is 9.64 Å². The van der Waals surface area contributed by atoms with Crippen molar-refractivity contribution in [1.29, 1.82) is 0 Å². The number of methoxy groups -OCH3 is 1. The van der Waals surface area contributed by atoms with Crippen molar-refractivity contribution in [3.05, 3.63) is 12.3 Å². The Balaban J connectivity index is 2.29. The fraction of sp³-hybridized carbons (Fsp3) is 0.800. The summed E-state index contributed by atoms with van der Waals surface area (Å²) in [7, 11) is 1.72.